The van der Waals surface area contributed by atoms with Gasteiger partial charge in [0, 0.05) is 5.56 Å². The van der Waals surface area contributed by atoms with Gasteiger partial charge in [0.1, 0.15) is 5.75 Å². The Hall–Kier alpha value is -1.51. The van der Waals surface area contributed by atoms with Gasteiger partial charge in [-0.15, -0.1) is 0 Å². The fraction of sp³-hybridized carbons (Fsp3) is 0.696. The van der Waals surface area contributed by atoms with Crippen LogP contribution in [0.4, 0.5) is 0 Å². The molecule has 0 radical (unpaired) electrons. The van der Waals surface area contributed by atoms with Gasteiger partial charge in [-0.05, 0) is 47.3 Å². The minimum atomic E-state index is -0.815. The molecule has 0 spiro atoms. The van der Waals surface area contributed by atoms with Crippen molar-refractivity contribution in [2.45, 2.75) is 104 Å². The average Bonchev–Trinajstić information content (AvgIpc) is 2.48. The van der Waals surface area contributed by atoms with Gasteiger partial charge in [0.25, 0.3) is 0 Å². The first-order valence-corrected chi connectivity index (χ1v) is 9.94. The standard InChI is InChI=1S/C23H38O3/c1-9-10-11-12-13-16-17(15(2)21(25)26)14-18(22(3,4)5)20(24)19(16)23(6,7)8/h14-15,24H,9-13H2,1-8H3,(H,25,26). The van der Waals surface area contributed by atoms with Crippen LogP contribution >= 0.6 is 0 Å². The van der Waals surface area contributed by atoms with E-state index < -0.39 is 11.9 Å². The maximum absolute atomic E-state index is 11.8. The first-order valence-electron chi connectivity index (χ1n) is 9.94. The van der Waals surface area contributed by atoms with Crippen molar-refractivity contribution >= 4 is 5.97 Å². The highest BCUT2D eigenvalue weighted by atomic mass is 16.4. The second kappa shape index (κ2) is 8.45. The number of phenols is 1. The molecule has 3 heteroatoms. The molecule has 1 atom stereocenters. The molecule has 26 heavy (non-hydrogen) atoms. The van der Waals surface area contributed by atoms with Crippen molar-refractivity contribution in [2.75, 3.05) is 0 Å². The molecule has 0 bridgehead atoms. The number of aromatic hydroxyl groups is 1. The monoisotopic (exact) mass is 362 g/mol. The molecule has 0 aliphatic carbocycles. The molecule has 3 nitrogen and oxygen atoms in total. The Morgan fingerprint density at radius 3 is 2.04 bits per heavy atom. The zero-order chi connectivity index (χ0) is 20.3. The van der Waals surface area contributed by atoms with E-state index in [4.69, 9.17) is 0 Å². The molecular weight excluding hydrogens is 324 g/mol. The minimum absolute atomic E-state index is 0.252. The number of aliphatic carboxylic acids is 1. The molecule has 0 fully saturated rings. The summed E-state index contributed by atoms with van der Waals surface area (Å²) in [4.78, 5) is 11.8. The van der Waals surface area contributed by atoms with E-state index in [2.05, 4.69) is 48.5 Å². The predicted molar refractivity (Wildman–Crippen MR) is 109 cm³/mol. The van der Waals surface area contributed by atoms with E-state index in [1.165, 1.54) is 12.8 Å². The highest BCUT2D eigenvalue weighted by Crippen LogP contribution is 2.44. The lowest BCUT2D eigenvalue weighted by Gasteiger charge is -2.32. The number of hydrogen-bond donors (Lipinski definition) is 2. The van der Waals surface area contributed by atoms with Crippen LogP contribution < -0.4 is 0 Å². The molecule has 1 aromatic carbocycles. The Bertz CT molecular complexity index is 630. The van der Waals surface area contributed by atoms with E-state index in [1.54, 1.807) is 6.92 Å². The Balaban J connectivity index is 3.69. The zero-order valence-corrected chi connectivity index (χ0v) is 18.0. The van der Waals surface area contributed by atoms with Crippen LogP contribution in [0, 0.1) is 0 Å². The molecule has 0 aromatic heterocycles. The summed E-state index contributed by atoms with van der Waals surface area (Å²) in [6.07, 6.45) is 5.31. The summed E-state index contributed by atoms with van der Waals surface area (Å²) in [6.45, 7) is 16.4. The van der Waals surface area contributed by atoms with Gasteiger partial charge in [-0.3, -0.25) is 4.79 Å². The molecule has 148 valence electrons. The van der Waals surface area contributed by atoms with Gasteiger partial charge in [-0.2, -0.15) is 0 Å². The normalized spacial score (nSPS) is 13.7. The third-order valence-electron chi connectivity index (χ3n) is 5.12. The quantitative estimate of drug-likeness (QED) is 0.560. The maximum Gasteiger partial charge on any atom is 0.310 e. The summed E-state index contributed by atoms with van der Waals surface area (Å²) >= 11 is 0. The maximum atomic E-state index is 11.8. The van der Waals surface area contributed by atoms with E-state index in [0.29, 0.717) is 5.75 Å². The highest BCUT2D eigenvalue weighted by Gasteiger charge is 2.32. The lowest BCUT2D eigenvalue weighted by molar-refractivity contribution is -0.138. The number of carboxylic acid groups (broad SMARTS) is 1. The van der Waals surface area contributed by atoms with Crippen molar-refractivity contribution in [1.29, 1.82) is 0 Å². The number of phenolic OH excluding ortho intramolecular Hbond substituents is 1. The number of benzene rings is 1. The first kappa shape index (κ1) is 22.5. The Morgan fingerprint density at radius 1 is 1.04 bits per heavy atom. The highest BCUT2D eigenvalue weighted by molar-refractivity contribution is 5.77. The second-order valence-corrected chi connectivity index (χ2v) is 9.59. The molecule has 2 N–H and O–H groups in total. The van der Waals surface area contributed by atoms with Crippen LogP contribution in [0.2, 0.25) is 0 Å². The van der Waals surface area contributed by atoms with E-state index in [-0.39, 0.29) is 10.8 Å². The summed E-state index contributed by atoms with van der Waals surface area (Å²) in [6, 6.07) is 1.94. The first-order chi connectivity index (χ1) is 11.8. The van der Waals surface area contributed by atoms with E-state index in [1.807, 2.05) is 6.07 Å². The topological polar surface area (TPSA) is 57.5 Å². The Labute approximate surface area is 159 Å². The van der Waals surface area contributed by atoms with Crippen LogP contribution in [-0.4, -0.2) is 16.2 Å². The van der Waals surface area contributed by atoms with E-state index >= 15 is 0 Å². The molecule has 0 heterocycles. The van der Waals surface area contributed by atoms with Crippen LogP contribution in [0.25, 0.3) is 0 Å². The SMILES string of the molecule is CCCCCCc1c(C(C)C(=O)O)cc(C(C)(C)C)c(O)c1C(C)(C)C. The molecule has 0 amide bonds. The van der Waals surface area contributed by atoms with Crippen molar-refractivity contribution in [2.24, 2.45) is 0 Å². The van der Waals surface area contributed by atoms with Gasteiger partial charge in [0.2, 0.25) is 0 Å². The fourth-order valence-electron chi connectivity index (χ4n) is 3.63. The van der Waals surface area contributed by atoms with Crippen molar-refractivity contribution in [3.8, 4) is 5.75 Å². The second-order valence-electron chi connectivity index (χ2n) is 9.59. The summed E-state index contributed by atoms with van der Waals surface area (Å²) in [5.74, 6) is -1.05. The van der Waals surface area contributed by atoms with Crippen molar-refractivity contribution in [1.82, 2.24) is 0 Å². The van der Waals surface area contributed by atoms with Gasteiger partial charge in [0.15, 0.2) is 0 Å². The minimum Gasteiger partial charge on any atom is -0.507 e. The van der Waals surface area contributed by atoms with E-state index in [9.17, 15) is 15.0 Å². The number of rotatable bonds is 7. The average molecular weight is 363 g/mol. The predicted octanol–water partition coefficient (Wildman–Crippen LogP) is 6.30. The fourth-order valence-corrected chi connectivity index (χ4v) is 3.63. The molecule has 1 aromatic rings. The van der Waals surface area contributed by atoms with Gasteiger partial charge in [-0.25, -0.2) is 0 Å². The van der Waals surface area contributed by atoms with Crippen LogP contribution in [0.1, 0.15) is 109 Å². The van der Waals surface area contributed by atoms with Crippen molar-refractivity contribution in [3.63, 3.8) is 0 Å². The van der Waals surface area contributed by atoms with Crippen LogP contribution in [0.15, 0.2) is 6.07 Å². The number of hydrogen-bond acceptors (Lipinski definition) is 2. The van der Waals surface area contributed by atoms with Gasteiger partial charge >= 0.3 is 5.97 Å². The van der Waals surface area contributed by atoms with Crippen molar-refractivity contribution in [3.05, 3.63) is 28.3 Å². The molecule has 0 aliphatic rings. The van der Waals surface area contributed by atoms with Crippen LogP contribution in [0.3, 0.4) is 0 Å². The third-order valence-corrected chi connectivity index (χ3v) is 5.12. The van der Waals surface area contributed by atoms with Gasteiger partial charge < -0.3 is 10.2 Å². The Kier molecular flexibility index (Phi) is 7.33. The largest absolute Gasteiger partial charge is 0.507 e. The van der Waals surface area contributed by atoms with Gasteiger partial charge in [-0.1, -0.05) is 73.8 Å². The summed E-state index contributed by atoms with van der Waals surface area (Å²) in [5, 5.41) is 20.8. The lowest BCUT2D eigenvalue weighted by atomic mass is 9.73. The summed E-state index contributed by atoms with van der Waals surface area (Å²) < 4.78 is 0. The van der Waals surface area contributed by atoms with Crippen LogP contribution in [0.5, 0.6) is 5.75 Å². The number of carbonyl (C=O) groups is 1. The number of unbranched alkanes of at least 4 members (excludes halogenated alkanes) is 3. The molecule has 1 rings (SSSR count). The smallest absolute Gasteiger partial charge is 0.310 e. The molecule has 0 aliphatic heterocycles. The molecule has 1 unspecified atom stereocenters. The van der Waals surface area contributed by atoms with Crippen molar-refractivity contribution < 1.29 is 15.0 Å². The summed E-state index contributed by atoms with van der Waals surface area (Å²) in [7, 11) is 0. The Morgan fingerprint density at radius 2 is 1.62 bits per heavy atom. The third kappa shape index (κ3) is 5.25. The molecule has 0 saturated heterocycles. The lowest BCUT2D eigenvalue weighted by Crippen LogP contribution is -2.23. The van der Waals surface area contributed by atoms with Crippen LogP contribution in [-0.2, 0) is 22.0 Å². The molecule has 0 saturated carbocycles. The van der Waals surface area contributed by atoms with E-state index in [0.717, 1.165) is 41.5 Å². The summed E-state index contributed by atoms with van der Waals surface area (Å²) in [5.41, 5.74) is 3.15. The number of carboxylic acids is 1. The zero-order valence-electron chi connectivity index (χ0n) is 18.0. The molecular formula is C23H38O3. The van der Waals surface area contributed by atoms with Gasteiger partial charge in [0.05, 0.1) is 5.92 Å².